The lowest BCUT2D eigenvalue weighted by Crippen LogP contribution is -1.83. The highest BCUT2D eigenvalue weighted by Gasteiger charge is 2.23. The lowest BCUT2D eigenvalue weighted by molar-refractivity contribution is 0.112. The summed E-state index contributed by atoms with van der Waals surface area (Å²) in [6.45, 7) is 0.158. The first-order chi connectivity index (χ1) is 10.8. The van der Waals surface area contributed by atoms with Gasteiger partial charge in [-0.25, -0.2) is 0 Å². The first kappa shape index (κ1) is 15.0. The summed E-state index contributed by atoms with van der Waals surface area (Å²) >= 11 is 0. The molecule has 2 saturated carbocycles. The van der Waals surface area contributed by atoms with Crippen LogP contribution >= 0.6 is 0 Å². The third-order valence-electron chi connectivity index (χ3n) is 4.33. The second kappa shape index (κ2) is 6.89. The Hall–Kier alpha value is -1.93. The Morgan fingerprint density at radius 3 is 1.64 bits per heavy atom. The van der Waals surface area contributed by atoms with Crippen molar-refractivity contribution in [1.82, 2.24) is 0 Å². The van der Waals surface area contributed by atoms with E-state index >= 15 is 0 Å². The van der Waals surface area contributed by atoms with Gasteiger partial charge in [0.15, 0.2) is 0 Å². The lowest BCUT2D eigenvalue weighted by atomic mass is 10.1. The third kappa shape index (κ3) is 4.05. The van der Waals surface area contributed by atoms with Crippen molar-refractivity contribution in [2.45, 2.75) is 44.1 Å². The molecule has 1 N–H and O–H groups in total. The monoisotopic (exact) mass is 294 g/mol. The summed E-state index contributed by atoms with van der Waals surface area (Å²) < 4.78 is 0. The number of aliphatic hydroxyl groups is 1. The first-order valence-electron chi connectivity index (χ1n) is 8.05. The zero-order valence-corrected chi connectivity index (χ0v) is 12.7. The molecule has 4 rings (SSSR count). The molecule has 0 saturated heterocycles. The van der Waals surface area contributed by atoms with E-state index in [-0.39, 0.29) is 6.61 Å². The first-order valence-corrected chi connectivity index (χ1v) is 8.05. The molecule has 0 amide bonds. The van der Waals surface area contributed by atoms with Crippen molar-refractivity contribution >= 4 is 6.29 Å². The van der Waals surface area contributed by atoms with Gasteiger partial charge in [0.25, 0.3) is 0 Å². The molecule has 2 nitrogen and oxygen atoms in total. The fraction of sp³-hybridized carbons (Fsp3) is 0.350. The van der Waals surface area contributed by atoms with Crippen molar-refractivity contribution in [3.05, 3.63) is 70.8 Å². The number of aldehydes is 1. The molecule has 2 heteroatoms. The van der Waals surface area contributed by atoms with E-state index < -0.39 is 0 Å². The van der Waals surface area contributed by atoms with Crippen LogP contribution in [-0.2, 0) is 6.61 Å². The molecule has 2 aromatic rings. The van der Waals surface area contributed by atoms with E-state index in [0.29, 0.717) is 0 Å². The Morgan fingerprint density at radius 1 is 0.818 bits per heavy atom. The standard InChI is InChI=1S/C10H12O.C10H10O/c2*11-7-8-1-3-9(4-2-8)10-5-6-10/h1-4,10-11H,5-7H2;1-4,7,10H,5-6H2. The predicted octanol–water partition coefficient (Wildman–Crippen LogP) is 4.43. The molecule has 2 aliphatic carbocycles. The topological polar surface area (TPSA) is 37.3 Å². The number of hydrogen-bond donors (Lipinski definition) is 1. The SMILES string of the molecule is O=Cc1ccc(C2CC2)cc1.OCc1ccc(C2CC2)cc1. The van der Waals surface area contributed by atoms with Gasteiger partial charge in [-0.15, -0.1) is 0 Å². The molecule has 0 atom stereocenters. The Labute approximate surface area is 131 Å². The van der Waals surface area contributed by atoms with E-state index in [1.807, 2.05) is 24.3 Å². The number of carbonyl (C=O) groups is 1. The van der Waals surface area contributed by atoms with E-state index in [9.17, 15) is 4.79 Å². The quantitative estimate of drug-likeness (QED) is 0.847. The fourth-order valence-corrected chi connectivity index (χ4v) is 2.58. The molecule has 2 aromatic carbocycles. The zero-order valence-electron chi connectivity index (χ0n) is 12.7. The maximum Gasteiger partial charge on any atom is 0.150 e. The summed E-state index contributed by atoms with van der Waals surface area (Å²) in [5.74, 6) is 1.61. The molecule has 114 valence electrons. The smallest absolute Gasteiger partial charge is 0.150 e. The number of aliphatic hydroxyl groups excluding tert-OH is 1. The average Bonchev–Trinajstić information content (AvgIpc) is 3.48. The van der Waals surface area contributed by atoms with Gasteiger partial charge in [-0.2, -0.15) is 0 Å². The highest BCUT2D eigenvalue weighted by molar-refractivity contribution is 5.74. The summed E-state index contributed by atoms with van der Waals surface area (Å²) in [5, 5.41) is 8.78. The third-order valence-corrected chi connectivity index (χ3v) is 4.33. The van der Waals surface area contributed by atoms with Crippen LogP contribution in [0.15, 0.2) is 48.5 Å². The Bertz CT molecular complexity index is 605. The minimum Gasteiger partial charge on any atom is -0.392 e. The van der Waals surface area contributed by atoms with Crippen LogP contribution in [0.5, 0.6) is 0 Å². The van der Waals surface area contributed by atoms with E-state index in [0.717, 1.165) is 29.2 Å². The molecule has 0 spiro atoms. The van der Waals surface area contributed by atoms with Gasteiger partial charge in [-0.3, -0.25) is 4.79 Å². The normalized spacial score (nSPS) is 16.6. The second-order valence-electron chi connectivity index (χ2n) is 6.23. The highest BCUT2D eigenvalue weighted by atomic mass is 16.3. The van der Waals surface area contributed by atoms with E-state index in [1.165, 1.54) is 36.8 Å². The maximum atomic E-state index is 10.3. The van der Waals surface area contributed by atoms with Crippen LogP contribution in [0.1, 0.15) is 64.6 Å². The largest absolute Gasteiger partial charge is 0.392 e. The van der Waals surface area contributed by atoms with Gasteiger partial charge in [-0.1, -0.05) is 48.5 Å². The van der Waals surface area contributed by atoms with Crippen molar-refractivity contribution in [3.8, 4) is 0 Å². The summed E-state index contributed by atoms with van der Waals surface area (Å²) in [4.78, 5) is 10.3. The van der Waals surface area contributed by atoms with Gasteiger partial charge in [0.05, 0.1) is 6.61 Å². The van der Waals surface area contributed by atoms with Gasteiger partial charge in [0.2, 0.25) is 0 Å². The van der Waals surface area contributed by atoms with Crippen LogP contribution in [0, 0.1) is 0 Å². The summed E-state index contributed by atoms with van der Waals surface area (Å²) in [7, 11) is 0. The van der Waals surface area contributed by atoms with Gasteiger partial charge in [-0.05, 0) is 54.2 Å². The number of carbonyl (C=O) groups excluding carboxylic acids is 1. The van der Waals surface area contributed by atoms with E-state index in [4.69, 9.17) is 5.11 Å². The Kier molecular flexibility index (Phi) is 4.69. The molecule has 2 fully saturated rings. The highest BCUT2D eigenvalue weighted by Crippen LogP contribution is 2.40. The van der Waals surface area contributed by atoms with E-state index in [1.54, 1.807) is 0 Å². The molecule has 0 unspecified atom stereocenters. The lowest BCUT2D eigenvalue weighted by Gasteiger charge is -1.98. The fourth-order valence-electron chi connectivity index (χ4n) is 2.58. The van der Waals surface area contributed by atoms with Crippen molar-refractivity contribution in [2.24, 2.45) is 0 Å². The van der Waals surface area contributed by atoms with Gasteiger partial charge in [0.1, 0.15) is 6.29 Å². The average molecular weight is 294 g/mol. The van der Waals surface area contributed by atoms with Crippen LogP contribution < -0.4 is 0 Å². The number of benzene rings is 2. The zero-order chi connectivity index (χ0) is 15.4. The summed E-state index contributed by atoms with van der Waals surface area (Å²) in [6, 6.07) is 16.2. The van der Waals surface area contributed by atoms with Crippen LogP contribution in [0.4, 0.5) is 0 Å². The molecule has 0 bridgehead atoms. The van der Waals surface area contributed by atoms with Gasteiger partial charge < -0.3 is 5.11 Å². The van der Waals surface area contributed by atoms with E-state index in [2.05, 4.69) is 24.3 Å². The summed E-state index contributed by atoms with van der Waals surface area (Å²) in [5.41, 5.74) is 4.60. The van der Waals surface area contributed by atoms with Crippen molar-refractivity contribution in [2.75, 3.05) is 0 Å². The molecule has 0 aliphatic heterocycles. The van der Waals surface area contributed by atoms with Gasteiger partial charge in [0, 0.05) is 5.56 Å². The molecule has 0 heterocycles. The molecule has 0 radical (unpaired) electrons. The Balaban J connectivity index is 0.000000131. The molecule has 0 aromatic heterocycles. The van der Waals surface area contributed by atoms with Crippen LogP contribution in [-0.4, -0.2) is 11.4 Å². The number of rotatable bonds is 4. The minimum atomic E-state index is 0.158. The van der Waals surface area contributed by atoms with Crippen LogP contribution in [0.25, 0.3) is 0 Å². The minimum absolute atomic E-state index is 0.158. The Morgan fingerprint density at radius 2 is 1.27 bits per heavy atom. The summed E-state index contributed by atoms with van der Waals surface area (Å²) in [6.07, 6.45) is 6.22. The molecular formula is C20H22O2. The van der Waals surface area contributed by atoms with Crippen LogP contribution in [0.3, 0.4) is 0 Å². The molecular weight excluding hydrogens is 272 g/mol. The maximum absolute atomic E-state index is 10.3. The predicted molar refractivity (Wildman–Crippen MR) is 88.1 cm³/mol. The van der Waals surface area contributed by atoms with Crippen molar-refractivity contribution in [3.63, 3.8) is 0 Å². The second-order valence-corrected chi connectivity index (χ2v) is 6.23. The van der Waals surface area contributed by atoms with Crippen molar-refractivity contribution < 1.29 is 9.90 Å². The van der Waals surface area contributed by atoms with Gasteiger partial charge >= 0.3 is 0 Å². The molecule has 22 heavy (non-hydrogen) atoms. The number of hydrogen-bond acceptors (Lipinski definition) is 2. The van der Waals surface area contributed by atoms with Crippen molar-refractivity contribution in [1.29, 1.82) is 0 Å². The van der Waals surface area contributed by atoms with Crippen LogP contribution in [0.2, 0.25) is 0 Å². The molecule has 2 aliphatic rings.